The van der Waals surface area contributed by atoms with Gasteiger partial charge in [-0.25, -0.2) is 0 Å². The SMILES string of the molecule is Cc1ccc(-n2c(SCC(=O)OCc3ccccc3)nnc2-c2cccnc2)cc1. The Morgan fingerprint density at radius 2 is 1.80 bits per heavy atom. The lowest BCUT2D eigenvalue weighted by Crippen LogP contribution is -2.08. The molecule has 0 fully saturated rings. The number of aryl methyl sites for hydroxylation is 1. The predicted molar refractivity (Wildman–Crippen MR) is 116 cm³/mol. The van der Waals surface area contributed by atoms with Gasteiger partial charge in [0.15, 0.2) is 11.0 Å². The van der Waals surface area contributed by atoms with Crippen LogP contribution in [-0.2, 0) is 16.1 Å². The van der Waals surface area contributed by atoms with E-state index in [1.165, 1.54) is 11.8 Å². The van der Waals surface area contributed by atoms with Crippen molar-refractivity contribution in [2.45, 2.75) is 18.7 Å². The van der Waals surface area contributed by atoms with Crippen LogP contribution in [0.25, 0.3) is 17.1 Å². The molecule has 2 aromatic heterocycles. The summed E-state index contributed by atoms with van der Waals surface area (Å²) in [7, 11) is 0. The summed E-state index contributed by atoms with van der Waals surface area (Å²) < 4.78 is 7.31. The van der Waals surface area contributed by atoms with Crippen molar-refractivity contribution in [2.24, 2.45) is 0 Å². The molecule has 4 aromatic rings. The number of carbonyl (C=O) groups is 1. The smallest absolute Gasteiger partial charge is 0.316 e. The van der Waals surface area contributed by atoms with Crippen LogP contribution >= 0.6 is 11.8 Å². The largest absolute Gasteiger partial charge is 0.460 e. The molecule has 0 spiro atoms. The number of esters is 1. The molecular formula is C23H20N4O2S. The van der Waals surface area contributed by atoms with Crippen LogP contribution in [-0.4, -0.2) is 31.5 Å². The summed E-state index contributed by atoms with van der Waals surface area (Å²) in [6.45, 7) is 2.29. The van der Waals surface area contributed by atoms with Crippen molar-refractivity contribution in [1.29, 1.82) is 0 Å². The summed E-state index contributed by atoms with van der Waals surface area (Å²) >= 11 is 1.30. The van der Waals surface area contributed by atoms with Gasteiger partial charge in [0.05, 0.1) is 5.75 Å². The van der Waals surface area contributed by atoms with Crippen LogP contribution < -0.4 is 0 Å². The zero-order chi connectivity index (χ0) is 20.8. The number of aromatic nitrogens is 4. The lowest BCUT2D eigenvalue weighted by atomic mass is 10.2. The summed E-state index contributed by atoms with van der Waals surface area (Å²) in [4.78, 5) is 16.4. The zero-order valence-corrected chi connectivity index (χ0v) is 17.2. The molecule has 2 heterocycles. The molecule has 0 N–H and O–H groups in total. The van der Waals surface area contributed by atoms with E-state index in [4.69, 9.17) is 4.74 Å². The fraction of sp³-hybridized carbons (Fsp3) is 0.130. The maximum Gasteiger partial charge on any atom is 0.316 e. The van der Waals surface area contributed by atoms with Crippen LogP contribution in [0.5, 0.6) is 0 Å². The van der Waals surface area contributed by atoms with Crippen molar-refractivity contribution in [3.05, 3.63) is 90.3 Å². The molecule has 0 aliphatic rings. The van der Waals surface area contributed by atoms with Gasteiger partial charge >= 0.3 is 5.97 Å². The van der Waals surface area contributed by atoms with Crippen LogP contribution in [0.1, 0.15) is 11.1 Å². The topological polar surface area (TPSA) is 69.9 Å². The van der Waals surface area contributed by atoms with Gasteiger partial charge in [-0.15, -0.1) is 10.2 Å². The molecule has 150 valence electrons. The minimum Gasteiger partial charge on any atom is -0.460 e. The molecule has 4 rings (SSSR count). The van der Waals surface area contributed by atoms with E-state index in [9.17, 15) is 4.79 Å². The molecule has 0 aliphatic carbocycles. The van der Waals surface area contributed by atoms with Crippen molar-refractivity contribution in [2.75, 3.05) is 5.75 Å². The predicted octanol–water partition coefficient (Wildman–Crippen LogP) is 4.47. The van der Waals surface area contributed by atoms with Crippen LogP contribution in [0.2, 0.25) is 0 Å². The van der Waals surface area contributed by atoms with E-state index in [0.717, 1.165) is 22.4 Å². The van der Waals surface area contributed by atoms with Crippen LogP contribution in [0.15, 0.2) is 84.3 Å². The third-order valence-corrected chi connectivity index (χ3v) is 5.31. The van der Waals surface area contributed by atoms with E-state index in [1.54, 1.807) is 12.4 Å². The molecule has 0 atom stereocenters. The van der Waals surface area contributed by atoms with Crippen molar-refractivity contribution in [3.8, 4) is 17.1 Å². The van der Waals surface area contributed by atoms with Crippen LogP contribution in [0, 0.1) is 6.92 Å². The number of rotatable bonds is 7. The van der Waals surface area contributed by atoms with Crippen molar-refractivity contribution in [1.82, 2.24) is 19.7 Å². The average molecular weight is 417 g/mol. The summed E-state index contributed by atoms with van der Waals surface area (Å²) in [5, 5.41) is 9.30. The van der Waals surface area contributed by atoms with Gasteiger partial charge in [0.25, 0.3) is 0 Å². The first kappa shape index (κ1) is 19.8. The van der Waals surface area contributed by atoms with Gasteiger partial charge in [-0.3, -0.25) is 14.3 Å². The number of thioether (sulfide) groups is 1. The highest BCUT2D eigenvalue weighted by Crippen LogP contribution is 2.27. The van der Waals surface area contributed by atoms with Crippen LogP contribution in [0.4, 0.5) is 0 Å². The van der Waals surface area contributed by atoms with Crippen molar-refractivity contribution < 1.29 is 9.53 Å². The number of pyridine rings is 1. The molecule has 0 saturated heterocycles. The highest BCUT2D eigenvalue weighted by molar-refractivity contribution is 7.99. The molecule has 0 radical (unpaired) electrons. The summed E-state index contributed by atoms with van der Waals surface area (Å²) in [6.07, 6.45) is 3.46. The fourth-order valence-corrected chi connectivity index (χ4v) is 3.63. The molecule has 0 amide bonds. The number of benzene rings is 2. The Hall–Kier alpha value is -3.45. The summed E-state index contributed by atoms with van der Waals surface area (Å²) in [5.74, 6) is 0.515. The van der Waals surface area contributed by atoms with Gasteiger partial charge in [-0.1, -0.05) is 59.8 Å². The molecule has 0 aliphatic heterocycles. The van der Waals surface area contributed by atoms with Gasteiger partial charge in [-0.2, -0.15) is 0 Å². The van der Waals surface area contributed by atoms with Gasteiger partial charge in [0, 0.05) is 23.6 Å². The van der Waals surface area contributed by atoms with Crippen LogP contribution in [0.3, 0.4) is 0 Å². The number of carbonyl (C=O) groups excluding carboxylic acids is 1. The average Bonchev–Trinajstić information content (AvgIpc) is 3.22. The monoisotopic (exact) mass is 416 g/mol. The quantitative estimate of drug-likeness (QED) is 0.327. The van der Waals surface area contributed by atoms with E-state index < -0.39 is 0 Å². The first-order chi connectivity index (χ1) is 14.7. The van der Waals surface area contributed by atoms with Gasteiger partial charge in [0.2, 0.25) is 0 Å². The first-order valence-electron chi connectivity index (χ1n) is 9.46. The van der Waals surface area contributed by atoms with Crippen molar-refractivity contribution in [3.63, 3.8) is 0 Å². The third kappa shape index (κ3) is 4.75. The maximum absolute atomic E-state index is 12.2. The Balaban J connectivity index is 1.53. The molecule has 0 unspecified atom stereocenters. The molecule has 0 saturated carbocycles. The maximum atomic E-state index is 12.2. The zero-order valence-electron chi connectivity index (χ0n) is 16.4. The second kappa shape index (κ2) is 9.37. The Kier molecular flexibility index (Phi) is 6.20. The lowest BCUT2D eigenvalue weighted by molar-refractivity contribution is -0.141. The Morgan fingerprint density at radius 1 is 1.00 bits per heavy atom. The number of hydrogen-bond donors (Lipinski definition) is 0. The lowest BCUT2D eigenvalue weighted by Gasteiger charge is -2.10. The molecule has 6 nitrogen and oxygen atoms in total. The standard InChI is InChI=1S/C23H20N4O2S/c1-17-9-11-20(12-10-17)27-22(19-8-5-13-24-14-19)25-26-23(27)30-16-21(28)29-15-18-6-3-2-4-7-18/h2-14H,15-16H2,1H3. The minimum atomic E-state index is -0.301. The highest BCUT2D eigenvalue weighted by atomic mass is 32.2. The number of nitrogens with zero attached hydrogens (tertiary/aromatic N) is 4. The molecule has 7 heteroatoms. The number of ether oxygens (including phenoxy) is 1. The van der Waals surface area contributed by atoms with E-state index in [-0.39, 0.29) is 18.3 Å². The van der Waals surface area contributed by atoms with Gasteiger partial charge in [-0.05, 0) is 36.8 Å². The highest BCUT2D eigenvalue weighted by Gasteiger charge is 2.17. The Labute approximate surface area is 179 Å². The Bertz CT molecular complexity index is 1110. The molecular weight excluding hydrogens is 396 g/mol. The first-order valence-corrected chi connectivity index (χ1v) is 10.4. The van der Waals surface area contributed by atoms with E-state index in [0.29, 0.717) is 11.0 Å². The summed E-state index contributed by atoms with van der Waals surface area (Å²) in [5.41, 5.74) is 3.89. The summed E-state index contributed by atoms with van der Waals surface area (Å²) in [6, 6.07) is 21.5. The van der Waals surface area contributed by atoms with E-state index in [1.807, 2.05) is 78.2 Å². The molecule has 0 bridgehead atoms. The van der Waals surface area contributed by atoms with E-state index >= 15 is 0 Å². The molecule has 2 aromatic carbocycles. The van der Waals surface area contributed by atoms with E-state index in [2.05, 4.69) is 15.2 Å². The van der Waals surface area contributed by atoms with Gasteiger partial charge in [0.1, 0.15) is 6.61 Å². The second-order valence-electron chi connectivity index (χ2n) is 6.65. The Morgan fingerprint density at radius 3 is 2.53 bits per heavy atom. The third-order valence-electron chi connectivity index (χ3n) is 4.41. The normalized spacial score (nSPS) is 10.7. The molecule has 30 heavy (non-hydrogen) atoms. The fourth-order valence-electron chi connectivity index (χ4n) is 2.88. The second-order valence-corrected chi connectivity index (χ2v) is 7.60. The minimum absolute atomic E-state index is 0.143. The van der Waals surface area contributed by atoms with Gasteiger partial charge < -0.3 is 4.74 Å². The van der Waals surface area contributed by atoms with Crippen molar-refractivity contribution >= 4 is 17.7 Å². The number of hydrogen-bond acceptors (Lipinski definition) is 6.